The van der Waals surface area contributed by atoms with Crippen molar-refractivity contribution in [3.05, 3.63) is 71.1 Å². The molecule has 3 aromatic rings. The molecule has 1 aliphatic heterocycles. The SMILES string of the molecule is Cc1ccc(CCC2CCN(C(=O)CCc3nc(-c4ccc(C)cc4)no3)CC2)cc1. The van der Waals surface area contributed by atoms with Crippen LogP contribution < -0.4 is 0 Å². The van der Waals surface area contributed by atoms with Crippen LogP contribution in [0.1, 0.15) is 48.3 Å². The topological polar surface area (TPSA) is 59.2 Å². The molecule has 1 amide bonds. The standard InChI is InChI=1S/C26H31N3O2/c1-19-3-7-21(8-4-19)9-10-22-15-17-29(18-16-22)25(30)14-13-24-27-26(28-31-24)23-11-5-20(2)6-12-23/h3-8,11-12,22H,9-10,13-18H2,1-2H3. The molecule has 0 atom stereocenters. The van der Waals surface area contributed by atoms with Crippen LogP contribution in [0.15, 0.2) is 53.1 Å². The van der Waals surface area contributed by atoms with Crippen molar-refractivity contribution >= 4 is 5.91 Å². The summed E-state index contributed by atoms with van der Waals surface area (Å²) in [4.78, 5) is 19.1. The molecule has 2 heterocycles. The zero-order chi connectivity index (χ0) is 21.6. The highest BCUT2D eigenvalue weighted by molar-refractivity contribution is 5.76. The third-order valence-corrected chi connectivity index (χ3v) is 6.26. The number of likely N-dealkylation sites (tertiary alicyclic amines) is 1. The highest BCUT2D eigenvalue weighted by Crippen LogP contribution is 2.23. The Morgan fingerprint density at radius 3 is 2.29 bits per heavy atom. The van der Waals surface area contributed by atoms with Crippen molar-refractivity contribution < 1.29 is 9.32 Å². The third-order valence-electron chi connectivity index (χ3n) is 6.26. The Morgan fingerprint density at radius 2 is 1.61 bits per heavy atom. The van der Waals surface area contributed by atoms with Crippen molar-refractivity contribution in [2.45, 2.75) is 52.4 Å². The van der Waals surface area contributed by atoms with Gasteiger partial charge in [0.05, 0.1) is 0 Å². The van der Waals surface area contributed by atoms with Crippen LogP contribution in [0.5, 0.6) is 0 Å². The monoisotopic (exact) mass is 417 g/mol. The Hall–Kier alpha value is -2.95. The number of carbonyl (C=O) groups is 1. The van der Waals surface area contributed by atoms with Gasteiger partial charge >= 0.3 is 0 Å². The van der Waals surface area contributed by atoms with Crippen LogP contribution in [0, 0.1) is 19.8 Å². The molecule has 5 heteroatoms. The van der Waals surface area contributed by atoms with Crippen LogP contribution in [-0.2, 0) is 17.6 Å². The Bertz CT molecular complexity index is 984. The Morgan fingerprint density at radius 1 is 0.968 bits per heavy atom. The minimum Gasteiger partial charge on any atom is -0.343 e. The molecule has 0 unspecified atom stereocenters. The summed E-state index contributed by atoms with van der Waals surface area (Å²) in [5, 5.41) is 4.06. The number of aromatic nitrogens is 2. The molecule has 31 heavy (non-hydrogen) atoms. The molecule has 0 saturated carbocycles. The van der Waals surface area contributed by atoms with Crippen molar-refractivity contribution in [1.82, 2.24) is 15.0 Å². The lowest BCUT2D eigenvalue weighted by Gasteiger charge is -2.32. The van der Waals surface area contributed by atoms with Crippen molar-refractivity contribution in [3.63, 3.8) is 0 Å². The van der Waals surface area contributed by atoms with E-state index in [-0.39, 0.29) is 5.91 Å². The molecular weight excluding hydrogens is 386 g/mol. The number of hydrogen-bond donors (Lipinski definition) is 0. The predicted molar refractivity (Wildman–Crippen MR) is 122 cm³/mol. The highest BCUT2D eigenvalue weighted by Gasteiger charge is 2.23. The van der Waals surface area contributed by atoms with Crippen molar-refractivity contribution in [2.24, 2.45) is 5.92 Å². The fraction of sp³-hybridized carbons (Fsp3) is 0.423. The average Bonchev–Trinajstić information content (AvgIpc) is 3.27. The van der Waals surface area contributed by atoms with Crippen LogP contribution in [-0.4, -0.2) is 34.0 Å². The van der Waals surface area contributed by atoms with E-state index in [0.717, 1.165) is 37.9 Å². The maximum Gasteiger partial charge on any atom is 0.227 e. The Balaban J connectivity index is 1.20. The molecule has 1 saturated heterocycles. The average molecular weight is 418 g/mol. The van der Waals surface area contributed by atoms with Gasteiger partial charge in [-0.25, -0.2) is 0 Å². The first kappa shape index (κ1) is 21.3. The molecule has 1 aliphatic rings. The quantitative estimate of drug-likeness (QED) is 0.533. The summed E-state index contributed by atoms with van der Waals surface area (Å²) in [5.74, 6) is 2.00. The summed E-state index contributed by atoms with van der Waals surface area (Å²) in [5.41, 5.74) is 4.84. The number of aryl methyl sites for hydroxylation is 4. The molecule has 4 rings (SSSR count). The molecule has 0 N–H and O–H groups in total. The lowest BCUT2D eigenvalue weighted by Crippen LogP contribution is -2.38. The van der Waals surface area contributed by atoms with Crippen molar-refractivity contribution in [1.29, 1.82) is 0 Å². The normalized spacial score (nSPS) is 14.7. The zero-order valence-corrected chi connectivity index (χ0v) is 18.5. The maximum atomic E-state index is 12.6. The first-order chi connectivity index (χ1) is 15.1. The predicted octanol–water partition coefficient (Wildman–Crippen LogP) is 5.16. The smallest absolute Gasteiger partial charge is 0.227 e. The van der Waals surface area contributed by atoms with Crippen LogP contribution in [0.2, 0.25) is 0 Å². The molecule has 162 valence electrons. The lowest BCUT2D eigenvalue weighted by molar-refractivity contribution is -0.132. The first-order valence-electron chi connectivity index (χ1n) is 11.3. The van der Waals surface area contributed by atoms with E-state index in [1.54, 1.807) is 0 Å². The van der Waals surface area contributed by atoms with E-state index < -0.39 is 0 Å². The second kappa shape index (κ2) is 9.90. The Labute approximate surface area is 184 Å². The second-order valence-electron chi connectivity index (χ2n) is 8.73. The van der Waals surface area contributed by atoms with Gasteiger partial charge in [0.2, 0.25) is 17.6 Å². The van der Waals surface area contributed by atoms with E-state index in [1.165, 1.54) is 23.1 Å². The highest BCUT2D eigenvalue weighted by atomic mass is 16.5. The van der Waals surface area contributed by atoms with E-state index in [9.17, 15) is 4.79 Å². The minimum absolute atomic E-state index is 0.187. The summed E-state index contributed by atoms with van der Waals surface area (Å²) >= 11 is 0. The van der Waals surface area contributed by atoms with Crippen LogP contribution in [0.4, 0.5) is 0 Å². The molecule has 5 nitrogen and oxygen atoms in total. The van der Waals surface area contributed by atoms with E-state index in [0.29, 0.717) is 30.5 Å². The van der Waals surface area contributed by atoms with Gasteiger partial charge in [0, 0.05) is 31.5 Å². The molecular formula is C26H31N3O2. The summed E-state index contributed by atoms with van der Waals surface area (Å²) in [6.45, 7) is 5.88. The second-order valence-corrected chi connectivity index (χ2v) is 8.73. The Kier molecular flexibility index (Phi) is 6.80. The van der Waals surface area contributed by atoms with Crippen molar-refractivity contribution in [2.75, 3.05) is 13.1 Å². The fourth-order valence-corrected chi connectivity index (χ4v) is 4.14. The van der Waals surface area contributed by atoms with Crippen LogP contribution in [0.3, 0.4) is 0 Å². The van der Waals surface area contributed by atoms with Gasteiger partial charge in [-0.3, -0.25) is 4.79 Å². The van der Waals surface area contributed by atoms with Gasteiger partial charge < -0.3 is 9.42 Å². The summed E-state index contributed by atoms with van der Waals surface area (Å²) in [7, 11) is 0. The maximum absolute atomic E-state index is 12.6. The van der Waals surface area contributed by atoms with Gasteiger partial charge in [0.25, 0.3) is 0 Å². The molecule has 0 spiro atoms. The van der Waals surface area contributed by atoms with Gasteiger partial charge in [-0.05, 0) is 51.0 Å². The number of piperidine rings is 1. The largest absolute Gasteiger partial charge is 0.343 e. The molecule has 1 aromatic heterocycles. The number of rotatable bonds is 7. The van der Waals surface area contributed by atoms with Gasteiger partial charge in [0.15, 0.2) is 0 Å². The molecule has 1 fully saturated rings. The van der Waals surface area contributed by atoms with Gasteiger partial charge in [-0.15, -0.1) is 0 Å². The van der Waals surface area contributed by atoms with Gasteiger partial charge in [-0.1, -0.05) is 64.8 Å². The lowest BCUT2D eigenvalue weighted by atomic mass is 9.90. The van der Waals surface area contributed by atoms with E-state index in [2.05, 4.69) is 41.3 Å². The van der Waals surface area contributed by atoms with E-state index in [4.69, 9.17) is 4.52 Å². The summed E-state index contributed by atoms with van der Waals surface area (Å²) in [6, 6.07) is 16.9. The number of carbonyl (C=O) groups excluding carboxylic acids is 1. The number of nitrogens with zero attached hydrogens (tertiary/aromatic N) is 3. The minimum atomic E-state index is 0.187. The fourth-order valence-electron chi connectivity index (χ4n) is 4.14. The molecule has 0 aliphatic carbocycles. The number of amides is 1. The first-order valence-corrected chi connectivity index (χ1v) is 11.3. The molecule has 0 radical (unpaired) electrons. The van der Waals surface area contributed by atoms with E-state index >= 15 is 0 Å². The van der Waals surface area contributed by atoms with Crippen LogP contribution >= 0.6 is 0 Å². The summed E-state index contributed by atoms with van der Waals surface area (Å²) < 4.78 is 5.35. The van der Waals surface area contributed by atoms with Gasteiger partial charge in [0.1, 0.15) is 0 Å². The van der Waals surface area contributed by atoms with Crippen molar-refractivity contribution in [3.8, 4) is 11.4 Å². The molecule has 0 bridgehead atoms. The van der Waals surface area contributed by atoms with Crippen LogP contribution in [0.25, 0.3) is 11.4 Å². The third kappa shape index (κ3) is 5.81. The van der Waals surface area contributed by atoms with E-state index in [1.807, 2.05) is 36.1 Å². The zero-order valence-electron chi connectivity index (χ0n) is 18.5. The number of hydrogen-bond acceptors (Lipinski definition) is 4. The molecule has 2 aromatic carbocycles. The van der Waals surface area contributed by atoms with Gasteiger partial charge in [-0.2, -0.15) is 4.98 Å². The summed E-state index contributed by atoms with van der Waals surface area (Å²) in [6.07, 6.45) is 5.42. The number of benzene rings is 2.